The number of carbonyl (C=O) groups is 1. The highest BCUT2D eigenvalue weighted by Crippen LogP contribution is 2.25. The number of hydrogen-bond acceptors (Lipinski definition) is 3. The van der Waals surface area contributed by atoms with Gasteiger partial charge in [-0.05, 0) is 61.5 Å². The Balaban J connectivity index is 1.49. The van der Waals surface area contributed by atoms with Gasteiger partial charge >= 0.3 is 0 Å². The molecule has 1 N–H and O–H groups in total. The van der Waals surface area contributed by atoms with Crippen LogP contribution < -0.4 is 5.32 Å². The first-order chi connectivity index (χ1) is 13.6. The molecule has 0 aliphatic heterocycles. The first-order valence-electron chi connectivity index (χ1n) is 8.80. The van der Waals surface area contributed by atoms with Crippen molar-refractivity contribution in [3.8, 4) is 11.3 Å². The van der Waals surface area contributed by atoms with Gasteiger partial charge in [-0.25, -0.2) is 0 Å². The van der Waals surface area contributed by atoms with Gasteiger partial charge in [-0.1, -0.05) is 29.8 Å². The summed E-state index contributed by atoms with van der Waals surface area (Å²) >= 11 is 5.91. The van der Waals surface area contributed by atoms with Crippen molar-refractivity contribution < 1.29 is 9.21 Å². The number of nitrogens with one attached hydrogen (secondary N) is 1. The summed E-state index contributed by atoms with van der Waals surface area (Å²) in [5.41, 5.74) is 3.27. The molecule has 2 aromatic carbocycles. The Morgan fingerprint density at radius 2 is 1.86 bits per heavy atom. The lowest BCUT2D eigenvalue weighted by Gasteiger charge is -2.06. The van der Waals surface area contributed by atoms with E-state index in [0.717, 1.165) is 22.2 Å². The van der Waals surface area contributed by atoms with Gasteiger partial charge in [0.05, 0.1) is 11.2 Å². The number of aryl methyl sites for hydroxylation is 1. The lowest BCUT2D eigenvalue weighted by molar-refractivity contribution is -0.111. The minimum absolute atomic E-state index is 0.250. The number of carbonyl (C=O) groups excluding carboxylic acids is 1. The molecule has 0 fully saturated rings. The standard InChI is InChI=1S/C23H17ClN2O2/c1-15-5-6-17-3-2-4-20(23(17)25-15)26-22(27)14-12-19-11-13-21(28-19)16-7-9-18(24)10-8-16/h2-14H,1H3,(H,26,27)/b14-12+. The summed E-state index contributed by atoms with van der Waals surface area (Å²) < 4.78 is 5.77. The zero-order chi connectivity index (χ0) is 19.5. The van der Waals surface area contributed by atoms with Crippen molar-refractivity contribution in [3.05, 3.63) is 89.3 Å². The van der Waals surface area contributed by atoms with Crippen LogP contribution in [0.4, 0.5) is 5.69 Å². The zero-order valence-corrected chi connectivity index (χ0v) is 15.9. The molecule has 0 radical (unpaired) electrons. The molecule has 2 aromatic heterocycles. The van der Waals surface area contributed by atoms with Crippen molar-refractivity contribution in [3.63, 3.8) is 0 Å². The predicted molar refractivity (Wildman–Crippen MR) is 113 cm³/mol. The molecule has 0 atom stereocenters. The molecule has 0 aliphatic rings. The van der Waals surface area contributed by atoms with Crippen LogP contribution in [-0.4, -0.2) is 10.9 Å². The van der Waals surface area contributed by atoms with E-state index in [0.29, 0.717) is 22.2 Å². The number of pyridine rings is 1. The number of rotatable bonds is 4. The number of amides is 1. The van der Waals surface area contributed by atoms with E-state index in [-0.39, 0.29) is 5.91 Å². The molecule has 5 heteroatoms. The summed E-state index contributed by atoms with van der Waals surface area (Å²) in [6, 6.07) is 20.7. The van der Waals surface area contributed by atoms with E-state index in [1.54, 1.807) is 6.08 Å². The minimum atomic E-state index is -0.250. The van der Waals surface area contributed by atoms with Crippen LogP contribution in [0.2, 0.25) is 5.02 Å². The molecule has 0 saturated heterocycles. The molecule has 1 amide bonds. The number of hydrogen-bond donors (Lipinski definition) is 1. The van der Waals surface area contributed by atoms with Crippen LogP contribution >= 0.6 is 11.6 Å². The number of aromatic nitrogens is 1. The van der Waals surface area contributed by atoms with Crippen LogP contribution in [0.1, 0.15) is 11.5 Å². The number of anilines is 1. The molecule has 0 saturated carbocycles. The first kappa shape index (κ1) is 18.0. The highest BCUT2D eigenvalue weighted by atomic mass is 35.5. The molecule has 4 aromatic rings. The Hall–Kier alpha value is -3.37. The quantitative estimate of drug-likeness (QED) is 0.429. The number of para-hydroxylation sites is 1. The van der Waals surface area contributed by atoms with Crippen molar-refractivity contribution in [2.24, 2.45) is 0 Å². The van der Waals surface area contributed by atoms with Gasteiger partial charge in [0.2, 0.25) is 5.91 Å². The Bertz CT molecular complexity index is 1180. The number of halogens is 1. The Kier molecular flexibility index (Phi) is 4.96. The molecular weight excluding hydrogens is 372 g/mol. The predicted octanol–water partition coefficient (Wildman–Crippen LogP) is 6.11. The third kappa shape index (κ3) is 3.97. The van der Waals surface area contributed by atoms with Gasteiger partial charge in [0, 0.05) is 27.7 Å². The number of furan rings is 1. The van der Waals surface area contributed by atoms with Gasteiger partial charge in [0.1, 0.15) is 11.5 Å². The molecule has 28 heavy (non-hydrogen) atoms. The van der Waals surface area contributed by atoms with Crippen molar-refractivity contribution in [2.45, 2.75) is 6.92 Å². The highest BCUT2D eigenvalue weighted by Gasteiger charge is 2.06. The van der Waals surface area contributed by atoms with E-state index < -0.39 is 0 Å². The van der Waals surface area contributed by atoms with Gasteiger partial charge in [0.25, 0.3) is 0 Å². The molecule has 4 rings (SSSR count). The van der Waals surface area contributed by atoms with Crippen molar-refractivity contribution in [2.75, 3.05) is 5.32 Å². The first-order valence-corrected chi connectivity index (χ1v) is 9.17. The van der Waals surface area contributed by atoms with E-state index in [2.05, 4.69) is 10.3 Å². The van der Waals surface area contributed by atoms with E-state index in [1.165, 1.54) is 6.08 Å². The molecule has 138 valence electrons. The van der Waals surface area contributed by atoms with Crippen LogP contribution in [0, 0.1) is 6.92 Å². The second kappa shape index (κ2) is 7.71. The summed E-state index contributed by atoms with van der Waals surface area (Å²) in [4.78, 5) is 16.9. The van der Waals surface area contributed by atoms with E-state index in [4.69, 9.17) is 16.0 Å². The summed E-state index contributed by atoms with van der Waals surface area (Å²) in [6.45, 7) is 1.92. The smallest absolute Gasteiger partial charge is 0.248 e. The van der Waals surface area contributed by atoms with Crippen LogP contribution in [0.5, 0.6) is 0 Å². The fourth-order valence-corrected chi connectivity index (χ4v) is 3.02. The van der Waals surface area contributed by atoms with Crippen molar-refractivity contribution in [1.29, 1.82) is 0 Å². The molecule has 4 nitrogen and oxygen atoms in total. The maximum absolute atomic E-state index is 12.3. The second-order valence-corrected chi connectivity index (χ2v) is 6.80. The fraction of sp³-hybridized carbons (Fsp3) is 0.0435. The van der Waals surface area contributed by atoms with Gasteiger partial charge in [-0.3, -0.25) is 9.78 Å². The molecule has 2 heterocycles. The molecule has 0 unspecified atom stereocenters. The fourth-order valence-electron chi connectivity index (χ4n) is 2.89. The van der Waals surface area contributed by atoms with Crippen molar-refractivity contribution >= 4 is 40.2 Å². The molecular formula is C23H17ClN2O2. The van der Waals surface area contributed by atoms with Crippen molar-refractivity contribution in [1.82, 2.24) is 4.98 Å². The van der Waals surface area contributed by atoms with E-state index >= 15 is 0 Å². The van der Waals surface area contributed by atoms with Gasteiger partial charge < -0.3 is 9.73 Å². The number of benzene rings is 2. The Morgan fingerprint density at radius 1 is 1.04 bits per heavy atom. The van der Waals surface area contributed by atoms with Crippen LogP contribution in [0.25, 0.3) is 28.3 Å². The summed E-state index contributed by atoms with van der Waals surface area (Å²) in [5.74, 6) is 1.05. The largest absolute Gasteiger partial charge is 0.457 e. The van der Waals surface area contributed by atoms with E-state index in [1.807, 2.05) is 73.7 Å². The monoisotopic (exact) mass is 388 g/mol. The van der Waals surface area contributed by atoms with Crippen LogP contribution in [0.15, 0.2) is 77.2 Å². The van der Waals surface area contributed by atoms with Gasteiger partial charge in [-0.15, -0.1) is 0 Å². The van der Waals surface area contributed by atoms with Gasteiger partial charge in [0.15, 0.2) is 0 Å². The number of nitrogens with zero attached hydrogens (tertiary/aromatic N) is 1. The van der Waals surface area contributed by atoms with Crippen LogP contribution in [0.3, 0.4) is 0 Å². The summed E-state index contributed by atoms with van der Waals surface area (Å²) in [6.07, 6.45) is 3.08. The Labute approximate surface area is 167 Å². The van der Waals surface area contributed by atoms with Gasteiger partial charge in [-0.2, -0.15) is 0 Å². The summed E-state index contributed by atoms with van der Waals surface area (Å²) in [5, 5.41) is 4.53. The maximum atomic E-state index is 12.3. The number of fused-ring (bicyclic) bond motifs is 1. The maximum Gasteiger partial charge on any atom is 0.248 e. The van der Waals surface area contributed by atoms with Crippen LogP contribution in [-0.2, 0) is 4.79 Å². The topological polar surface area (TPSA) is 55.1 Å². The average molecular weight is 389 g/mol. The zero-order valence-electron chi connectivity index (χ0n) is 15.1. The lowest BCUT2D eigenvalue weighted by atomic mass is 10.1. The average Bonchev–Trinajstić information content (AvgIpc) is 3.16. The Morgan fingerprint density at radius 3 is 2.68 bits per heavy atom. The minimum Gasteiger partial charge on any atom is -0.457 e. The van der Waals surface area contributed by atoms with E-state index in [9.17, 15) is 4.79 Å². The summed E-state index contributed by atoms with van der Waals surface area (Å²) in [7, 11) is 0. The highest BCUT2D eigenvalue weighted by molar-refractivity contribution is 6.30. The third-order valence-corrected chi connectivity index (χ3v) is 4.52. The SMILES string of the molecule is Cc1ccc2cccc(NC(=O)/C=C/c3ccc(-c4ccc(Cl)cc4)o3)c2n1. The molecule has 0 bridgehead atoms. The second-order valence-electron chi connectivity index (χ2n) is 6.36. The lowest BCUT2D eigenvalue weighted by Crippen LogP contribution is -2.08. The third-order valence-electron chi connectivity index (χ3n) is 4.27. The molecule has 0 spiro atoms. The molecule has 0 aliphatic carbocycles. The normalized spacial score (nSPS) is 11.2.